The molecule has 22 heavy (non-hydrogen) atoms. The molecule has 0 aliphatic heterocycles. The van der Waals surface area contributed by atoms with Crippen LogP contribution in [0.2, 0.25) is 0 Å². The van der Waals surface area contributed by atoms with Gasteiger partial charge in [0.2, 0.25) is 5.88 Å². The molecule has 0 bridgehead atoms. The van der Waals surface area contributed by atoms with Gasteiger partial charge in [-0.1, -0.05) is 0 Å². The van der Waals surface area contributed by atoms with Crippen molar-refractivity contribution in [2.75, 3.05) is 6.61 Å². The van der Waals surface area contributed by atoms with Crippen molar-refractivity contribution in [3.63, 3.8) is 0 Å². The van der Waals surface area contributed by atoms with Gasteiger partial charge in [-0.05, 0) is 6.92 Å². The lowest BCUT2D eigenvalue weighted by Crippen LogP contribution is -2.20. The topological polar surface area (TPSA) is 91.6 Å². The standard InChI is InChI=1S/C10H7F5N2O5/c1-2-21-9(18)4-3-5(22-10(13,14)15)16-6(8(11)12)7(4)17(19)20/h3,8H,2H2,1H3. The fourth-order valence-electron chi connectivity index (χ4n) is 1.41. The molecule has 12 heteroatoms. The van der Waals surface area contributed by atoms with Gasteiger partial charge < -0.3 is 9.47 Å². The monoisotopic (exact) mass is 330 g/mol. The van der Waals surface area contributed by atoms with Gasteiger partial charge in [-0.2, -0.15) is 0 Å². The largest absolute Gasteiger partial charge is 0.574 e. The van der Waals surface area contributed by atoms with Crippen molar-refractivity contribution >= 4 is 11.7 Å². The second-order valence-corrected chi connectivity index (χ2v) is 3.57. The lowest BCUT2D eigenvalue weighted by molar-refractivity contribution is -0.387. The third-order valence-electron chi connectivity index (χ3n) is 2.10. The minimum atomic E-state index is -5.28. The molecule has 1 heterocycles. The van der Waals surface area contributed by atoms with Crippen LogP contribution in [0.3, 0.4) is 0 Å². The number of ether oxygens (including phenoxy) is 2. The van der Waals surface area contributed by atoms with Crippen LogP contribution in [0, 0.1) is 10.1 Å². The van der Waals surface area contributed by atoms with Crippen LogP contribution in [0.1, 0.15) is 29.4 Å². The molecule has 0 atom stereocenters. The molecule has 1 rings (SSSR count). The zero-order valence-electron chi connectivity index (χ0n) is 10.7. The Hall–Kier alpha value is -2.53. The van der Waals surface area contributed by atoms with Crippen molar-refractivity contribution in [1.82, 2.24) is 4.98 Å². The van der Waals surface area contributed by atoms with Crippen LogP contribution in [0.4, 0.5) is 27.6 Å². The third-order valence-corrected chi connectivity index (χ3v) is 2.10. The molecule has 0 saturated carbocycles. The molecule has 0 fully saturated rings. The van der Waals surface area contributed by atoms with Gasteiger partial charge in [-0.25, -0.2) is 18.6 Å². The summed E-state index contributed by atoms with van der Waals surface area (Å²) in [7, 11) is 0. The zero-order valence-corrected chi connectivity index (χ0v) is 10.7. The summed E-state index contributed by atoms with van der Waals surface area (Å²) in [5.41, 5.74) is -4.19. The highest BCUT2D eigenvalue weighted by Gasteiger charge is 2.37. The number of alkyl halides is 5. The van der Waals surface area contributed by atoms with E-state index in [0.717, 1.165) is 0 Å². The minimum absolute atomic E-state index is 0.218. The molecular weight excluding hydrogens is 323 g/mol. The van der Waals surface area contributed by atoms with E-state index in [9.17, 15) is 36.9 Å². The van der Waals surface area contributed by atoms with Gasteiger partial charge in [0.15, 0.2) is 5.69 Å². The van der Waals surface area contributed by atoms with Crippen LogP contribution < -0.4 is 4.74 Å². The number of aromatic nitrogens is 1. The fourth-order valence-corrected chi connectivity index (χ4v) is 1.41. The highest BCUT2D eigenvalue weighted by atomic mass is 19.4. The van der Waals surface area contributed by atoms with E-state index in [0.29, 0.717) is 0 Å². The highest BCUT2D eigenvalue weighted by Crippen LogP contribution is 2.34. The SMILES string of the molecule is CCOC(=O)c1cc(OC(F)(F)F)nc(C(F)F)c1[N+](=O)[O-]. The predicted octanol–water partition coefficient (Wildman–Crippen LogP) is 3.00. The predicted molar refractivity (Wildman–Crippen MR) is 58.5 cm³/mol. The quantitative estimate of drug-likeness (QED) is 0.357. The van der Waals surface area contributed by atoms with Gasteiger partial charge in [0.05, 0.1) is 11.5 Å². The minimum Gasteiger partial charge on any atom is -0.462 e. The van der Waals surface area contributed by atoms with E-state index in [-0.39, 0.29) is 12.7 Å². The average Bonchev–Trinajstić information content (AvgIpc) is 2.35. The van der Waals surface area contributed by atoms with Crippen molar-refractivity contribution in [3.8, 4) is 5.88 Å². The smallest absolute Gasteiger partial charge is 0.462 e. The summed E-state index contributed by atoms with van der Waals surface area (Å²) in [5, 5.41) is 10.8. The summed E-state index contributed by atoms with van der Waals surface area (Å²) >= 11 is 0. The number of nitro groups is 1. The maximum atomic E-state index is 12.8. The average molecular weight is 330 g/mol. The number of hydrogen-bond acceptors (Lipinski definition) is 6. The second kappa shape index (κ2) is 6.49. The van der Waals surface area contributed by atoms with E-state index in [1.54, 1.807) is 0 Å². The Morgan fingerprint density at radius 3 is 2.45 bits per heavy atom. The molecule has 7 nitrogen and oxygen atoms in total. The lowest BCUT2D eigenvalue weighted by atomic mass is 10.1. The molecule has 122 valence electrons. The summed E-state index contributed by atoms with van der Waals surface area (Å²) in [5.74, 6) is -2.89. The van der Waals surface area contributed by atoms with Crippen LogP contribution in [0.25, 0.3) is 0 Å². The molecule has 1 aromatic heterocycles. The first-order chi connectivity index (χ1) is 10.1. The number of carbonyl (C=O) groups excluding carboxylic acids is 1. The molecule has 0 aliphatic carbocycles. The van der Waals surface area contributed by atoms with E-state index in [4.69, 9.17) is 0 Å². The molecule has 0 radical (unpaired) electrons. The van der Waals surface area contributed by atoms with Crippen LogP contribution in [0.15, 0.2) is 6.07 Å². The molecule has 0 aliphatic rings. The third kappa shape index (κ3) is 4.23. The first-order valence-electron chi connectivity index (χ1n) is 5.47. The summed E-state index contributed by atoms with van der Waals surface area (Å²) in [6.45, 7) is 1.03. The van der Waals surface area contributed by atoms with Crippen molar-refractivity contribution < 1.29 is 41.1 Å². The van der Waals surface area contributed by atoms with Gasteiger partial charge in [0.1, 0.15) is 5.56 Å². The van der Waals surface area contributed by atoms with Gasteiger partial charge >= 0.3 is 18.0 Å². The summed E-state index contributed by atoms with van der Waals surface area (Å²) in [4.78, 5) is 23.7. The Labute approximate surface area is 118 Å². The molecule has 1 aromatic rings. The molecule has 0 aromatic carbocycles. The van der Waals surface area contributed by atoms with Gasteiger partial charge in [0, 0.05) is 6.07 Å². The molecular formula is C10H7F5N2O5. The lowest BCUT2D eigenvalue weighted by Gasteiger charge is -2.11. The van der Waals surface area contributed by atoms with E-state index in [1.807, 2.05) is 0 Å². The summed E-state index contributed by atoms with van der Waals surface area (Å²) in [6, 6.07) is 0.218. The Morgan fingerprint density at radius 1 is 1.45 bits per heavy atom. The van der Waals surface area contributed by atoms with E-state index < -0.39 is 46.5 Å². The fraction of sp³-hybridized carbons (Fsp3) is 0.400. The van der Waals surface area contributed by atoms with E-state index in [2.05, 4.69) is 14.5 Å². The normalized spacial score (nSPS) is 11.4. The van der Waals surface area contributed by atoms with Crippen LogP contribution in [0.5, 0.6) is 5.88 Å². The van der Waals surface area contributed by atoms with Gasteiger partial charge in [-0.3, -0.25) is 10.1 Å². The Balaban J connectivity index is 3.54. The van der Waals surface area contributed by atoms with Crippen molar-refractivity contribution in [3.05, 3.63) is 27.4 Å². The molecule has 0 N–H and O–H groups in total. The number of carbonyl (C=O) groups is 1. The number of halogens is 5. The number of hydrogen-bond donors (Lipinski definition) is 0. The van der Waals surface area contributed by atoms with Crippen molar-refractivity contribution in [2.24, 2.45) is 0 Å². The van der Waals surface area contributed by atoms with Crippen LogP contribution in [-0.2, 0) is 4.74 Å². The Morgan fingerprint density at radius 2 is 2.05 bits per heavy atom. The highest BCUT2D eigenvalue weighted by molar-refractivity contribution is 5.94. The van der Waals surface area contributed by atoms with E-state index in [1.165, 1.54) is 6.92 Å². The van der Waals surface area contributed by atoms with Crippen LogP contribution in [-0.4, -0.2) is 28.8 Å². The number of esters is 1. The first-order valence-corrected chi connectivity index (χ1v) is 5.47. The van der Waals surface area contributed by atoms with Gasteiger partial charge in [-0.15, -0.1) is 13.2 Å². The molecule has 0 saturated heterocycles. The van der Waals surface area contributed by atoms with E-state index >= 15 is 0 Å². The number of nitrogens with zero attached hydrogens (tertiary/aromatic N) is 2. The summed E-state index contributed by atoms with van der Waals surface area (Å²) < 4.78 is 69.6. The summed E-state index contributed by atoms with van der Waals surface area (Å²) in [6.07, 6.45) is -8.89. The molecule has 0 spiro atoms. The maximum Gasteiger partial charge on any atom is 0.574 e. The van der Waals surface area contributed by atoms with Gasteiger partial charge in [0.25, 0.3) is 6.43 Å². The first kappa shape index (κ1) is 17.5. The molecule has 0 unspecified atom stereocenters. The zero-order chi connectivity index (χ0) is 17.1. The second-order valence-electron chi connectivity index (χ2n) is 3.57. The Bertz CT molecular complexity index is 590. The van der Waals surface area contributed by atoms with Crippen molar-refractivity contribution in [1.29, 1.82) is 0 Å². The number of pyridine rings is 1. The maximum absolute atomic E-state index is 12.8. The molecule has 0 amide bonds. The van der Waals surface area contributed by atoms with Crippen LogP contribution >= 0.6 is 0 Å². The van der Waals surface area contributed by atoms with Crippen molar-refractivity contribution in [2.45, 2.75) is 19.7 Å². The number of rotatable bonds is 5. The Kier molecular flexibility index (Phi) is 5.17.